The highest BCUT2D eigenvalue weighted by molar-refractivity contribution is 5.75. The highest BCUT2D eigenvalue weighted by atomic mass is 16.3. The van der Waals surface area contributed by atoms with Crippen LogP contribution in [0.1, 0.15) is 26.2 Å². The van der Waals surface area contributed by atoms with E-state index in [2.05, 4.69) is 10.6 Å². The lowest BCUT2D eigenvalue weighted by Gasteiger charge is -2.41. The van der Waals surface area contributed by atoms with Gasteiger partial charge in [-0.1, -0.05) is 6.92 Å². The maximum absolute atomic E-state index is 11.4. The van der Waals surface area contributed by atoms with Crippen molar-refractivity contribution in [1.82, 2.24) is 10.6 Å². The molecule has 0 aliphatic carbocycles. The van der Waals surface area contributed by atoms with Gasteiger partial charge in [0.25, 0.3) is 0 Å². The van der Waals surface area contributed by atoms with E-state index in [4.69, 9.17) is 0 Å². The molecule has 0 saturated carbocycles. The van der Waals surface area contributed by atoms with Gasteiger partial charge in [-0.05, 0) is 13.5 Å². The van der Waals surface area contributed by atoms with Gasteiger partial charge in [0, 0.05) is 13.5 Å². The number of hydrogen-bond acceptors (Lipinski definition) is 4. The quantitative estimate of drug-likeness (QED) is 0.313. The van der Waals surface area contributed by atoms with Crippen molar-refractivity contribution in [3.05, 3.63) is 0 Å². The number of rotatable bonds is 10. The summed E-state index contributed by atoms with van der Waals surface area (Å²) in [6, 6.07) is 0.0914. The summed E-state index contributed by atoms with van der Waals surface area (Å²) in [6.45, 7) is 3.51. The van der Waals surface area contributed by atoms with Crippen LogP contribution in [-0.4, -0.2) is 73.7 Å². The first-order valence-corrected chi connectivity index (χ1v) is 6.94. The first-order valence-electron chi connectivity index (χ1n) is 6.94. The van der Waals surface area contributed by atoms with Crippen molar-refractivity contribution in [2.75, 3.05) is 40.8 Å². The second-order valence-electron chi connectivity index (χ2n) is 5.19. The lowest BCUT2D eigenvalue weighted by molar-refractivity contribution is -0.934. The maximum Gasteiger partial charge on any atom is 0.225 e. The summed E-state index contributed by atoms with van der Waals surface area (Å²) in [7, 11) is 5.37. The molecule has 114 valence electrons. The normalized spacial score (nSPS) is 17.6. The summed E-state index contributed by atoms with van der Waals surface area (Å²) in [6.07, 6.45) is 1.32. The van der Waals surface area contributed by atoms with Gasteiger partial charge in [-0.2, -0.15) is 0 Å². The lowest BCUT2D eigenvalue weighted by Crippen LogP contribution is -2.56. The van der Waals surface area contributed by atoms with Crippen LogP contribution in [-0.2, 0) is 4.79 Å². The van der Waals surface area contributed by atoms with Crippen LogP contribution in [0.3, 0.4) is 0 Å². The minimum atomic E-state index is -0.548. The average Bonchev–Trinajstić information content (AvgIpc) is 2.43. The van der Waals surface area contributed by atoms with E-state index in [1.165, 1.54) is 0 Å². The SMILES string of the molecule is CCC(CO)[N+](C)(CCC(=O)NC)CCC(O)NC. The monoisotopic (exact) mass is 276 g/mol. The molecule has 0 aromatic rings. The number of amides is 1. The zero-order chi connectivity index (χ0) is 14.9. The molecule has 6 heteroatoms. The van der Waals surface area contributed by atoms with E-state index in [9.17, 15) is 15.0 Å². The van der Waals surface area contributed by atoms with Gasteiger partial charge in [0.1, 0.15) is 12.3 Å². The number of carbonyl (C=O) groups excluding carboxylic acids is 1. The van der Waals surface area contributed by atoms with Crippen molar-refractivity contribution in [2.24, 2.45) is 0 Å². The Bertz CT molecular complexity index is 260. The number of hydrogen-bond donors (Lipinski definition) is 4. The highest BCUT2D eigenvalue weighted by Crippen LogP contribution is 2.16. The van der Waals surface area contributed by atoms with Crippen molar-refractivity contribution in [3.8, 4) is 0 Å². The standard InChI is InChI=1S/C13H29N3O3/c1-5-11(10-17)16(4,8-6-12(18)14-2)9-7-13(19)15-3/h11-12,14,17-18H,5-10H2,1-4H3/p+1. The van der Waals surface area contributed by atoms with Crippen LogP contribution < -0.4 is 10.6 Å². The molecule has 0 fully saturated rings. The Kier molecular flexibility index (Phi) is 8.92. The Balaban J connectivity index is 4.65. The first-order chi connectivity index (χ1) is 8.93. The molecule has 0 heterocycles. The fourth-order valence-corrected chi connectivity index (χ4v) is 2.29. The molecule has 19 heavy (non-hydrogen) atoms. The van der Waals surface area contributed by atoms with E-state index in [0.717, 1.165) is 13.0 Å². The summed E-state index contributed by atoms with van der Waals surface area (Å²) >= 11 is 0. The van der Waals surface area contributed by atoms with Crippen molar-refractivity contribution >= 4 is 5.91 Å². The zero-order valence-electron chi connectivity index (χ0n) is 12.6. The molecule has 0 aliphatic rings. The van der Waals surface area contributed by atoms with E-state index >= 15 is 0 Å². The molecule has 0 rings (SSSR count). The third kappa shape index (κ3) is 6.33. The van der Waals surface area contributed by atoms with Crippen molar-refractivity contribution in [2.45, 2.75) is 38.5 Å². The molecule has 0 aliphatic heterocycles. The minimum absolute atomic E-state index is 0.00584. The Labute approximate surface area is 116 Å². The molecule has 0 radical (unpaired) electrons. The van der Waals surface area contributed by atoms with Crippen LogP contribution >= 0.6 is 0 Å². The molecule has 0 spiro atoms. The molecule has 4 N–H and O–H groups in total. The minimum Gasteiger partial charge on any atom is -0.390 e. The van der Waals surface area contributed by atoms with E-state index in [-0.39, 0.29) is 18.6 Å². The van der Waals surface area contributed by atoms with Gasteiger partial charge in [0.05, 0.1) is 33.2 Å². The lowest BCUT2D eigenvalue weighted by atomic mass is 10.1. The summed E-state index contributed by atoms with van der Waals surface area (Å²) < 4.78 is 0.596. The van der Waals surface area contributed by atoms with Gasteiger partial charge in [-0.15, -0.1) is 0 Å². The molecular weight excluding hydrogens is 246 g/mol. The Morgan fingerprint density at radius 1 is 1.32 bits per heavy atom. The zero-order valence-corrected chi connectivity index (χ0v) is 12.6. The second kappa shape index (κ2) is 9.25. The molecule has 0 saturated heterocycles. The third-order valence-corrected chi connectivity index (χ3v) is 3.94. The van der Waals surface area contributed by atoms with Gasteiger partial charge >= 0.3 is 0 Å². The molecule has 0 aromatic carbocycles. The third-order valence-electron chi connectivity index (χ3n) is 3.94. The van der Waals surface area contributed by atoms with Gasteiger partial charge in [0.2, 0.25) is 5.91 Å². The molecule has 6 nitrogen and oxygen atoms in total. The Morgan fingerprint density at radius 2 is 1.95 bits per heavy atom. The van der Waals surface area contributed by atoms with Crippen molar-refractivity contribution in [1.29, 1.82) is 0 Å². The van der Waals surface area contributed by atoms with E-state index in [1.54, 1.807) is 14.1 Å². The van der Waals surface area contributed by atoms with Crippen LogP contribution in [0.4, 0.5) is 0 Å². The second-order valence-corrected chi connectivity index (χ2v) is 5.19. The van der Waals surface area contributed by atoms with Gasteiger partial charge in [-0.3, -0.25) is 10.1 Å². The maximum atomic E-state index is 11.4. The van der Waals surface area contributed by atoms with Gasteiger partial charge in [0.15, 0.2) is 0 Å². The average molecular weight is 276 g/mol. The van der Waals surface area contributed by atoms with E-state index in [1.807, 2.05) is 14.0 Å². The van der Waals surface area contributed by atoms with Crippen LogP contribution in [0.25, 0.3) is 0 Å². The van der Waals surface area contributed by atoms with Crippen LogP contribution in [0.5, 0.6) is 0 Å². The van der Waals surface area contributed by atoms with E-state index in [0.29, 0.717) is 23.9 Å². The Hall–Kier alpha value is -0.690. The summed E-state index contributed by atoms with van der Waals surface area (Å²) in [5, 5.41) is 24.5. The largest absolute Gasteiger partial charge is 0.390 e. The van der Waals surface area contributed by atoms with Crippen molar-refractivity contribution in [3.63, 3.8) is 0 Å². The molecule has 1 amide bonds. The van der Waals surface area contributed by atoms with Gasteiger partial charge in [-0.25, -0.2) is 0 Å². The highest BCUT2D eigenvalue weighted by Gasteiger charge is 2.31. The first kappa shape index (κ1) is 18.3. The summed E-state index contributed by atoms with van der Waals surface area (Å²) in [5.41, 5.74) is 0. The fourth-order valence-electron chi connectivity index (χ4n) is 2.29. The van der Waals surface area contributed by atoms with Crippen molar-refractivity contribution < 1.29 is 19.5 Å². The number of quaternary nitrogens is 1. The number of carbonyl (C=O) groups is 1. The number of nitrogens with one attached hydrogen (secondary N) is 2. The fraction of sp³-hybridized carbons (Fsp3) is 0.923. The van der Waals surface area contributed by atoms with Crippen LogP contribution in [0.2, 0.25) is 0 Å². The van der Waals surface area contributed by atoms with Crippen LogP contribution in [0.15, 0.2) is 0 Å². The molecule has 3 atom stereocenters. The van der Waals surface area contributed by atoms with Gasteiger partial charge < -0.3 is 20.0 Å². The number of aliphatic hydroxyl groups is 2. The Morgan fingerprint density at radius 3 is 2.37 bits per heavy atom. The number of likely N-dealkylation sites (N-methyl/N-ethyl adjacent to an activating group) is 1. The smallest absolute Gasteiger partial charge is 0.225 e. The summed E-state index contributed by atoms with van der Waals surface area (Å²) in [4.78, 5) is 11.4. The molecule has 3 unspecified atom stereocenters. The molecule has 0 bridgehead atoms. The predicted molar refractivity (Wildman–Crippen MR) is 75.5 cm³/mol. The van der Waals surface area contributed by atoms with Crippen LogP contribution in [0, 0.1) is 0 Å². The molecular formula is C13H30N3O3+. The number of aliphatic hydroxyl groups excluding tert-OH is 2. The van der Waals surface area contributed by atoms with E-state index < -0.39 is 6.23 Å². The molecule has 0 aromatic heterocycles. The summed E-state index contributed by atoms with van der Waals surface area (Å²) in [5.74, 6) is 0.00584. The number of nitrogens with zero attached hydrogens (tertiary/aromatic N) is 1. The predicted octanol–water partition coefficient (Wildman–Crippen LogP) is -0.732. The topological polar surface area (TPSA) is 81.6 Å².